The van der Waals surface area contributed by atoms with Crippen LogP contribution >= 0.6 is 0 Å². The van der Waals surface area contributed by atoms with Crippen molar-refractivity contribution in [3.05, 3.63) is 29.3 Å². The number of nitriles is 1. The third-order valence-corrected chi connectivity index (χ3v) is 1.68. The minimum atomic E-state index is -1.07. The van der Waals surface area contributed by atoms with Crippen LogP contribution in [0, 0.1) is 23.2 Å². The zero-order chi connectivity index (χ0) is 11.3. The number of nitrogen functional groups attached to an aromatic ring is 1. The van der Waals surface area contributed by atoms with E-state index in [0.29, 0.717) is 5.56 Å². The van der Waals surface area contributed by atoms with E-state index in [4.69, 9.17) is 16.1 Å². The van der Waals surface area contributed by atoms with Gasteiger partial charge < -0.3 is 10.8 Å². The summed E-state index contributed by atoms with van der Waals surface area (Å²) in [4.78, 5) is 10.6. The predicted octanol–water partition coefficient (Wildman–Crippen LogP) is 1.23. The molecule has 0 atom stereocenters. The molecule has 0 heterocycles. The molecule has 0 aliphatic carbocycles. The third-order valence-electron chi connectivity index (χ3n) is 1.68. The van der Waals surface area contributed by atoms with Crippen LogP contribution in [-0.4, -0.2) is 11.1 Å². The lowest BCUT2D eigenvalue weighted by Gasteiger charge is -1.99. The molecule has 15 heavy (non-hydrogen) atoms. The number of hydrogen-bond acceptors (Lipinski definition) is 3. The Kier molecular flexibility index (Phi) is 3.32. The molecule has 0 aliphatic rings. The van der Waals surface area contributed by atoms with Crippen LogP contribution < -0.4 is 5.73 Å². The number of carbonyl (C=O) groups is 1. The Morgan fingerprint density at radius 1 is 1.53 bits per heavy atom. The molecule has 0 amide bonds. The molecule has 4 heteroatoms. The van der Waals surface area contributed by atoms with Crippen molar-refractivity contribution in [2.75, 3.05) is 5.73 Å². The molecule has 4 nitrogen and oxygen atoms in total. The topological polar surface area (TPSA) is 87.1 Å². The summed E-state index contributed by atoms with van der Waals surface area (Å²) in [6.07, 6.45) is 0.139. The van der Waals surface area contributed by atoms with Gasteiger partial charge in [-0.1, -0.05) is 11.8 Å². The predicted molar refractivity (Wildman–Crippen MR) is 54.9 cm³/mol. The van der Waals surface area contributed by atoms with Gasteiger partial charge in [-0.15, -0.1) is 0 Å². The normalized spacial score (nSPS) is 8.47. The molecule has 0 aromatic heterocycles. The van der Waals surface area contributed by atoms with Gasteiger partial charge in [0.15, 0.2) is 0 Å². The van der Waals surface area contributed by atoms with E-state index in [1.165, 1.54) is 12.1 Å². The molecule has 1 aromatic rings. The van der Waals surface area contributed by atoms with E-state index in [-0.39, 0.29) is 17.7 Å². The Balaban J connectivity index is 2.99. The largest absolute Gasteiger partial charge is 0.478 e. The van der Waals surface area contributed by atoms with E-state index < -0.39 is 5.97 Å². The van der Waals surface area contributed by atoms with Gasteiger partial charge in [-0.3, -0.25) is 0 Å². The van der Waals surface area contributed by atoms with Crippen molar-refractivity contribution in [1.82, 2.24) is 0 Å². The summed E-state index contributed by atoms with van der Waals surface area (Å²) in [7, 11) is 0. The lowest BCUT2D eigenvalue weighted by Crippen LogP contribution is -2.02. The fourth-order valence-corrected chi connectivity index (χ4v) is 1.02. The first-order valence-corrected chi connectivity index (χ1v) is 4.14. The van der Waals surface area contributed by atoms with Gasteiger partial charge in [0, 0.05) is 11.3 Å². The number of hydrogen-bond donors (Lipinski definition) is 2. The average Bonchev–Trinajstić information content (AvgIpc) is 2.17. The standard InChI is InChI=1S/C11H8N2O2/c12-6-2-1-3-8-4-5-9(11(14)15)10(13)7-8/h4-5,7H,2,13H2,(H,14,15). The molecule has 3 N–H and O–H groups in total. The Morgan fingerprint density at radius 2 is 2.27 bits per heavy atom. The van der Waals surface area contributed by atoms with Gasteiger partial charge >= 0.3 is 5.97 Å². The third kappa shape index (κ3) is 2.75. The number of carboxylic acid groups (broad SMARTS) is 1. The second-order valence-corrected chi connectivity index (χ2v) is 2.74. The van der Waals surface area contributed by atoms with Gasteiger partial charge in [-0.05, 0) is 18.2 Å². The first-order chi connectivity index (χ1) is 7.15. The lowest BCUT2D eigenvalue weighted by molar-refractivity contribution is 0.0698. The van der Waals surface area contributed by atoms with Gasteiger partial charge in [-0.25, -0.2) is 4.79 Å². The van der Waals surface area contributed by atoms with Gasteiger partial charge in [-0.2, -0.15) is 5.26 Å². The number of carboxylic acids is 1. The average molecular weight is 200 g/mol. The van der Waals surface area contributed by atoms with E-state index >= 15 is 0 Å². The van der Waals surface area contributed by atoms with Gasteiger partial charge in [0.05, 0.1) is 18.1 Å². The highest BCUT2D eigenvalue weighted by Crippen LogP contribution is 2.13. The summed E-state index contributed by atoms with van der Waals surface area (Å²) in [5.41, 5.74) is 6.35. The van der Waals surface area contributed by atoms with Crippen molar-refractivity contribution >= 4 is 11.7 Å². The van der Waals surface area contributed by atoms with Crippen LogP contribution in [0.15, 0.2) is 18.2 Å². The lowest BCUT2D eigenvalue weighted by atomic mass is 10.1. The summed E-state index contributed by atoms with van der Waals surface area (Å²) in [5, 5.41) is 17.0. The SMILES string of the molecule is N#CCC#Cc1ccc(C(=O)O)c(N)c1. The first kappa shape index (κ1) is 10.6. The molecule has 74 valence electrons. The van der Waals surface area contributed by atoms with Crippen LogP contribution in [0.1, 0.15) is 22.3 Å². The molecule has 0 saturated heterocycles. The van der Waals surface area contributed by atoms with Crippen molar-refractivity contribution in [3.63, 3.8) is 0 Å². The molecule has 0 saturated carbocycles. The van der Waals surface area contributed by atoms with Crippen molar-refractivity contribution in [1.29, 1.82) is 5.26 Å². The molecule has 0 aliphatic heterocycles. The number of nitrogens with two attached hydrogens (primary N) is 1. The number of anilines is 1. The molecule has 0 radical (unpaired) electrons. The minimum absolute atomic E-state index is 0.0563. The molecule has 0 fully saturated rings. The quantitative estimate of drug-likeness (QED) is 0.527. The minimum Gasteiger partial charge on any atom is -0.478 e. The maximum atomic E-state index is 10.6. The van der Waals surface area contributed by atoms with E-state index in [2.05, 4.69) is 11.8 Å². The zero-order valence-electron chi connectivity index (χ0n) is 7.82. The fraction of sp³-hybridized carbons (Fsp3) is 0.0909. The molecule has 1 rings (SSSR count). The highest BCUT2D eigenvalue weighted by atomic mass is 16.4. The smallest absolute Gasteiger partial charge is 0.337 e. The Morgan fingerprint density at radius 3 is 2.80 bits per heavy atom. The van der Waals surface area contributed by atoms with Crippen LogP contribution in [0.4, 0.5) is 5.69 Å². The zero-order valence-corrected chi connectivity index (χ0v) is 7.82. The Labute approximate surface area is 86.9 Å². The van der Waals surface area contributed by atoms with Crippen LogP contribution in [0.3, 0.4) is 0 Å². The van der Waals surface area contributed by atoms with E-state index in [0.717, 1.165) is 0 Å². The maximum absolute atomic E-state index is 10.6. The summed E-state index contributed by atoms with van der Waals surface area (Å²) < 4.78 is 0. The van der Waals surface area contributed by atoms with Crippen molar-refractivity contribution in [2.45, 2.75) is 6.42 Å². The van der Waals surface area contributed by atoms with Crippen molar-refractivity contribution in [3.8, 4) is 17.9 Å². The van der Waals surface area contributed by atoms with E-state index in [1.807, 2.05) is 6.07 Å². The number of aromatic carboxylic acids is 1. The number of rotatable bonds is 1. The maximum Gasteiger partial charge on any atom is 0.337 e. The van der Waals surface area contributed by atoms with Crippen LogP contribution in [0.25, 0.3) is 0 Å². The molecule has 0 bridgehead atoms. The van der Waals surface area contributed by atoms with Crippen molar-refractivity contribution in [2.24, 2.45) is 0 Å². The monoisotopic (exact) mass is 200 g/mol. The van der Waals surface area contributed by atoms with Crippen molar-refractivity contribution < 1.29 is 9.90 Å². The van der Waals surface area contributed by atoms with Gasteiger partial charge in [0.25, 0.3) is 0 Å². The Hall–Kier alpha value is -2.46. The Bertz CT molecular complexity index is 490. The van der Waals surface area contributed by atoms with Gasteiger partial charge in [0.2, 0.25) is 0 Å². The summed E-state index contributed by atoms with van der Waals surface area (Å²) >= 11 is 0. The molecular formula is C11H8N2O2. The number of nitrogens with zero attached hydrogens (tertiary/aromatic N) is 1. The van der Waals surface area contributed by atoms with E-state index in [9.17, 15) is 4.79 Å². The number of benzene rings is 1. The molecule has 0 unspecified atom stereocenters. The molecular weight excluding hydrogens is 192 g/mol. The van der Waals surface area contributed by atoms with E-state index in [1.54, 1.807) is 6.07 Å². The second kappa shape index (κ2) is 4.69. The van der Waals surface area contributed by atoms with Crippen LogP contribution in [-0.2, 0) is 0 Å². The highest BCUT2D eigenvalue weighted by molar-refractivity contribution is 5.93. The van der Waals surface area contributed by atoms with Crippen LogP contribution in [0.2, 0.25) is 0 Å². The molecule has 1 aromatic carbocycles. The van der Waals surface area contributed by atoms with Crippen LogP contribution in [0.5, 0.6) is 0 Å². The fourth-order valence-electron chi connectivity index (χ4n) is 1.02. The molecule has 0 spiro atoms. The second-order valence-electron chi connectivity index (χ2n) is 2.74. The first-order valence-electron chi connectivity index (χ1n) is 4.14. The summed E-state index contributed by atoms with van der Waals surface area (Å²) in [6, 6.07) is 6.32. The van der Waals surface area contributed by atoms with Gasteiger partial charge in [0.1, 0.15) is 0 Å². The highest BCUT2D eigenvalue weighted by Gasteiger charge is 2.06. The summed E-state index contributed by atoms with van der Waals surface area (Å²) in [5.74, 6) is 4.25. The summed E-state index contributed by atoms with van der Waals surface area (Å²) in [6.45, 7) is 0.